The normalized spacial score (nSPS) is 12.0. The summed E-state index contributed by atoms with van der Waals surface area (Å²) < 4.78 is 5.25. The van der Waals surface area contributed by atoms with Crippen molar-refractivity contribution in [2.75, 3.05) is 12.4 Å². The maximum Gasteiger partial charge on any atom is 0.237 e. The van der Waals surface area contributed by atoms with Gasteiger partial charge in [-0.2, -0.15) is 0 Å². The Morgan fingerprint density at radius 3 is 2.63 bits per heavy atom. The van der Waals surface area contributed by atoms with Gasteiger partial charge in [-0.1, -0.05) is 18.2 Å². The predicted octanol–water partition coefficient (Wildman–Crippen LogP) is 3.88. The van der Waals surface area contributed by atoms with Gasteiger partial charge in [0.1, 0.15) is 0 Å². The fourth-order valence-corrected chi connectivity index (χ4v) is 2.01. The Bertz CT molecular complexity index is 566. The van der Waals surface area contributed by atoms with Crippen molar-refractivity contribution in [1.29, 1.82) is 0 Å². The molecule has 0 amide bonds. The van der Waals surface area contributed by atoms with Crippen LogP contribution in [0.5, 0.6) is 5.88 Å². The van der Waals surface area contributed by atoms with Gasteiger partial charge in [-0.25, -0.2) is 4.98 Å². The van der Waals surface area contributed by atoms with Crippen LogP contribution in [0, 0.1) is 13.8 Å². The van der Waals surface area contributed by atoms with Gasteiger partial charge in [0.15, 0.2) is 0 Å². The molecule has 100 valence electrons. The standard InChI is InChI=1S/C16H20N2O/c1-11-7-8-14(10-12(11)2)13(3)18-15-6-5-9-17-16(15)19-4/h5-10,13,18H,1-4H3. The van der Waals surface area contributed by atoms with Crippen molar-refractivity contribution < 1.29 is 4.74 Å². The Kier molecular flexibility index (Phi) is 4.05. The first-order chi connectivity index (χ1) is 9.11. The fraction of sp³-hybridized carbons (Fsp3) is 0.312. The summed E-state index contributed by atoms with van der Waals surface area (Å²) in [5.41, 5.74) is 4.80. The number of nitrogens with zero attached hydrogens (tertiary/aromatic N) is 1. The van der Waals surface area contributed by atoms with Crippen LogP contribution in [0.15, 0.2) is 36.5 Å². The molecule has 0 fully saturated rings. The van der Waals surface area contributed by atoms with E-state index in [1.54, 1.807) is 13.3 Å². The van der Waals surface area contributed by atoms with E-state index < -0.39 is 0 Å². The number of nitrogens with one attached hydrogen (secondary N) is 1. The van der Waals surface area contributed by atoms with Crippen molar-refractivity contribution in [3.63, 3.8) is 0 Å². The van der Waals surface area contributed by atoms with Crippen molar-refractivity contribution in [2.24, 2.45) is 0 Å². The molecule has 0 bridgehead atoms. The second-order valence-electron chi connectivity index (χ2n) is 4.77. The molecule has 1 atom stereocenters. The highest BCUT2D eigenvalue weighted by Crippen LogP contribution is 2.26. The van der Waals surface area contributed by atoms with Crippen LogP contribution in [0.25, 0.3) is 0 Å². The molecule has 1 aromatic carbocycles. The average molecular weight is 256 g/mol. The van der Waals surface area contributed by atoms with E-state index in [1.807, 2.05) is 12.1 Å². The first-order valence-corrected chi connectivity index (χ1v) is 6.44. The minimum Gasteiger partial charge on any atom is -0.480 e. The number of rotatable bonds is 4. The molecule has 2 aromatic rings. The Morgan fingerprint density at radius 2 is 1.95 bits per heavy atom. The van der Waals surface area contributed by atoms with Crippen molar-refractivity contribution in [3.8, 4) is 5.88 Å². The number of anilines is 1. The van der Waals surface area contributed by atoms with E-state index in [9.17, 15) is 0 Å². The average Bonchev–Trinajstić information content (AvgIpc) is 2.42. The molecular formula is C16H20N2O. The highest BCUT2D eigenvalue weighted by Gasteiger charge is 2.09. The molecule has 1 heterocycles. The summed E-state index contributed by atoms with van der Waals surface area (Å²) in [5.74, 6) is 0.623. The van der Waals surface area contributed by atoms with Gasteiger partial charge in [0.2, 0.25) is 5.88 Å². The minimum absolute atomic E-state index is 0.206. The largest absolute Gasteiger partial charge is 0.480 e. The van der Waals surface area contributed by atoms with Crippen LogP contribution >= 0.6 is 0 Å². The fourth-order valence-electron chi connectivity index (χ4n) is 2.01. The van der Waals surface area contributed by atoms with Gasteiger partial charge in [-0.05, 0) is 49.6 Å². The van der Waals surface area contributed by atoms with Crippen LogP contribution in [-0.4, -0.2) is 12.1 Å². The van der Waals surface area contributed by atoms with Crippen LogP contribution in [0.1, 0.15) is 29.7 Å². The van der Waals surface area contributed by atoms with Crippen molar-refractivity contribution in [2.45, 2.75) is 26.8 Å². The van der Waals surface area contributed by atoms with Crippen LogP contribution in [0.4, 0.5) is 5.69 Å². The summed E-state index contributed by atoms with van der Waals surface area (Å²) in [6.45, 7) is 6.40. The number of benzene rings is 1. The Labute approximate surface area is 114 Å². The molecule has 0 saturated carbocycles. The van der Waals surface area contributed by atoms with Gasteiger partial charge >= 0.3 is 0 Å². The number of pyridine rings is 1. The molecule has 0 aliphatic carbocycles. The predicted molar refractivity (Wildman–Crippen MR) is 78.7 cm³/mol. The van der Waals surface area contributed by atoms with E-state index >= 15 is 0 Å². The van der Waals surface area contributed by atoms with Crippen LogP contribution in [-0.2, 0) is 0 Å². The number of aromatic nitrogens is 1. The lowest BCUT2D eigenvalue weighted by Gasteiger charge is -2.18. The zero-order valence-electron chi connectivity index (χ0n) is 11.9. The molecular weight excluding hydrogens is 236 g/mol. The minimum atomic E-state index is 0.206. The Morgan fingerprint density at radius 1 is 1.16 bits per heavy atom. The van der Waals surface area contributed by atoms with E-state index in [2.05, 4.69) is 49.3 Å². The molecule has 3 nitrogen and oxygen atoms in total. The third-order valence-electron chi connectivity index (χ3n) is 3.37. The SMILES string of the molecule is COc1ncccc1NC(C)c1ccc(C)c(C)c1. The second kappa shape index (κ2) is 5.74. The molecule has 0 saturated heterocycles. The van der Waals surface area contributed by atoms with E-state index in [-0.39, 0.29) is 6.04 Å². The smallest absolute Gasteiger partial charge is 0.237 e. The molecule has 0 aliphatic heterocycles. The maximum atomic E-state index is 5.25. The number of methoxy groups -OCH3 is 1. The van der Waals surface area contributed by atoms with Gasteiger partial charge < -0.3 is 10.1 Å². The first kappa shape index (κ1) is 13.4. The first-order valence-electron chi connectivity index (χ1n) is 6.44. The van der Waals surface area contributed by atoms with Crippen LogP contribution in [0.2, 0.25) is 0 Å². The summed E-state index contributed by atoms with van der Waals surface area (Å²) >= 11 is 0. The summed E-state index contributed by atoms with van der Waals surface area (Å²) in [5, 5.41) is 3.44. The number of aryl methyl sites for hydroxylation is 2. The number of hydrogen-bond donors (Lipinski definition) is 1. The molecule has 0 aliphatic rings. The van der Waals surface area contributed by atoms with Crippen molar-refractivity contribution in [3.05, 3.63) is 53.2 Å². The van der Waals surface area contributed by atoms with Gasteiger partial charge in [-0.3, -0.25) is 0 Å². The zero-order chi connectivity index (χ0) is 13.8. The van der Waals surface area contributed by atoms with Gasteiger partial charge in [0.05, 0.1) is 12.8 Å². The lowest BCUT2D eigenvalue weighted by Crippen LogP contribution is -2.08. The van der Waals surface area contributed by atoms with E-state index in [0.29, 0.717) is 5.88 Å². The third-order valence-corrected chi connectivity index (χ3v) is 3.37. The highest BCUT2D eigenvalue weighted by molar-refractivity contribution is 5.53. The molecule has 0 radical (unpaired) electrons. The summed E-state index contributed by atoms with van der Waals surface area (Å²) in [7, 11) is 1.63. The molecule has 1 aromatic heterocycles. The summed E-state index contributed by atoms with van der Waals surface area (Å²) in [6, 6.07) is 10.6. The molecule has 3 heteroatoms. The van der Waals surface area contributed by atoms with E-state index in [0.717, 1.165) is 5.69 Å². The second-order valence-corrected chi connectivity index (χ2v) is 4.77. The number of ether oxygens (including phenoxy) is 1. The summed E-state index contributed by atoms with van der Waals surface area (Å²) in [6.07, 6.45) is 1.73. The highest BCUT2D eigenvalue weighted by atomic mass is 16.5. The van der Waals surface area contributed by atoms with E-state index in [1.165, 1.54) is 16.7 Å². The molecule has 1 N–H and O–H groups in total. The van der Waals surface area contributed by atoms with Gasteiger partial charge in [-0.15, -0.1) is 0 Å². The topological polar surface area (TPSA) is 34.1 Å². The lowest BCUT2D eigenvalue weighted by molar-refractivity contribution is 0.399. The van der Waals surface area contributed by atoms with Gasteiger partial charge in [0.25, 0.3) is 0 Å². The Hall–Kier alpha value is -2.03. The zero-order valence-corrected chi connectivity index (χ0v) is 11.9. The monoisotopic (exact) mass is 256 g/mol. The third kappa shape index (κ3) is 3.05. The quantitative estimate of drug-likeness (QED) is 0.901. The summed E-state index contributed by atoms with van der Waals surface area (Å²) in [4.78, 5) is 4.19. The molecule has 1 unspecified atom stereocenters. The van der Waals surface area contributed by atoms with Crippen molar-refractivity contribution in [1.82, 2.24) is 4.98 Å². The molecule has 19 heavy (non-hydrogen) atoms. The van der Waals surface area contributed by atoms with Crippen LogP contribution in [0.3, 0.4) is 0 Å². The molecule has 0 spiro atoms. The Balaban J connectivity index is 2.20. The lowest BCUT2D eigenvalue weighted by atomic mass is 10.0. The van der Waals surface area contributed by atoms with E-state index in [4.69, 9.17) is 4.74 Å². The maximum absolute atomic E-state index is 5.25. The molecule has 2 rings (SSSR count). The van der Waals surface area contributed by atoms with Crippen LogP contribution < -0.4 is 10.1 Å². The van der Waals surface area contributed by atoms with Crippen molar-refractivity contribution >= 4 is 5.69 Å². The van der Waals surface area contributed by atoms with Gasteiger partial charge in [0, 0.05) is 12.2 Å². The number of hydrogen-bond acceptors (Lipinski definition) is 3.